The van der Waals surface area contributed by atoms with E-state index in [1.54, 1.807) is 0 Å². The van der Waals surface area contributed by atoms with E-state index in [4.69, 9.17) is 9.05 Å². The van der Waals surface area contributed by atoms with Gasteiger partial charge in [0.15, 0.2) is 0 Å². The lowest BCUT2D eigenvalue weighted by atomic mass is 10.0. The van der Waals surface area contributed by atoms with Crippen LogP contribution in [-0.2, 0) is 18.4 Å². The van der Waals surface area contributed by atoms with Crippen molar-refractivity contribution in [3.8, 4) is 0 Å². The number of carbonyl (C=O) groups excluding carboxylic acids is 1. The molecule has 3 unspecified atom stereocenters. The third-order valence-corrected chi connectivity index (χ3v) is 21.7. The second kappa shape index (κ2) is 77.4. The quantitative estimate of drug-likeness (QED) is 0.0272. The molecule has 0 radical (unpaired) electrons. The first-order chi connectivity index (χ1) is 46.5. The summed E-state index contributed by atoms with van der Waals surface area (Å²) in [7, 11) is 1.34. The summed E-state index contributed by atoms with van der Waals surface area (Å²) in [6.45, 7) is 4.81. The number of likely N-dealkylation sites (N-methyl/N-ethyl adjacent to an activating group) is 1. The zero-order chi connectivity index (χ0) is 69.0. The topological polar surface area (TPSA) is 108 Å². The van der Waals surface area contributed by atoms with Crippen molar-refractivity contribution in [1.82, 2.24) is 5.32 Å². The minimum absolute atomic E-state index is 0.0166. The lowest BCUT2D eigenvalue weighted by molar-refractivity contribution is -0.870. The van der Waals surface area contributed by atoms with Crippen molar-refractivity contribution in [2.45, 2.75) is 495 Å². The van der Waals surface area contributed by atoms with Crippen molar-refractivity contribution < 1.29 is 32.9 Å². The molecule has 2 N–H and O–H groups in total. The summed E-state index contributed by atoms with van der Waals surface area (Å²) < 4.78 is 23.6. The van der Waals surface area contributed by atoms with E-state index in [1.807, 2.05) is 21.1 Å². The van der Waals surface area contributed by atoms with Crippen LogP contribution in [0, 0.1) is 0 Å². The molecule has 0 aromatic rings. The number of rotatable bonds is 83. The fraction of sp³-hybridized carbons (Fsp3) is 0.965. The maximum absolute atomic E-state index is 13.1. The maximum Gasteiger partial charge on any atom is 0.268 e. The Morgan fingerprint density at radius 1 is 0.358 bits per heavy atom. The van der Waals surface area contributed by atoms with Crippen LogP contribution in [-0.4, -0.2) is 68.5 Å². The van der Waals surface area contributed by atoms with Gasteiger partial charge in [0.25, 0.3) is 7.82 Å². The first-order valence-corrected chi connectivity index (χ1v) is 45.0. The molecule has 0 spiro atoms. The van der Waals surface area contributed by atoms with Gasteiger partial charge in [-0.15, -0.1) is 0 Å². The molecule has 95 heavy (non-hydrogen) atoms. The van der Waals surface area contributed by atoms with Gasteiger partial charge in [0.1, 0.15) is 13.2 Å². The molecular weight excluding hydrogens is 1190 g/mol. The first kappa shape index (κ1) is 94.2. The molecule has 0 saturated heterocycles. The van der Waals surface area contributed by atoms with Crippen molar-refractivity contribution in [3.63, 3.8) is 0 Å². The summed E-state index contributed by atoms with van der Waals surface area (Å²) in [5, 5.41) is 14.2. The number of phosphoric acid groups is 1. The Labute approximate surface area is 596 Å². The van der Waals surface area contributed by atoms with E-state index in [1.165, 1.54) is 417 Å². The minimum Gasteiger partial charge on any atom is -0.756 e. The fourth-order valence-electron chi connectivity index (χ4n) is 14.0. The van der Waals surface area contributed by atoms with Gasteiger partial charge in [-0.1, -0.05) is 450 Å². The van der Waals surface area contributed by atoms with Crippen LogP contribution in [0.5, 0.6) is 0 Å². The van der Waals surface area contributed by atoms with Gasteiger partial charge in [-0.2, -0.15) is 0 Å². The van der Waals surface area contributed by atoms with Crippen LogP contribution in [0.25, 0.3) is 0 Å². The van der Waals surface area contributed by atoms with Crippen molar-refractivity contribution in [2.24, 2.45) is 0 Å². The van der Waals surface area contributed by atoms with Gasteiger partial charge in [-0.05, 0) is 38.5 Å². The zero-order valence-electron chi connectivity index (χ0n) is 65.4. The molecule has 0 aliphatic heterocycles. The number of phosphoric ester groups is 1. The van der Waals surface area contributed by atoms with Crippen LogP contribution in [0.15, 0.2) is 12.2 Å². The van der Waals surface area contributed by atoms with Crippen molar-refractivity contribution >= 4 is 13.7 Å². The van der Waals surface area contributed by atoms with Gasteiger partial charge in [0.05, 0.1) is 39.9 Å². The highest BCUT2D eigenvalue weighted by atomic mass is 31.2. The second-order valence-corrected chi connectivity index (χ2v) is 33.0. The summed E-state index contributed by atoms with van der Waals surface area (Å²) in [6, 6.07) is -0.799. The monoisotopic (exact) mass is 1360 g/mol. The van der Waals surface area contributed by atoms with E-state index >= 15 is 0 Å². The molecule has 0 saturated carbocycles. The molecule has 1 amide bonds. The summed E-state index contributed by atoms with van der Waals surface area (Å²) in [4.78, 5) is 25.8. The number of hydrogen-bond acceptors (Lipinski definition) is 6. The average Bonchev–Trinajstić information content (AvgIpc) is 2.01. The molecule has 0 aromatic carbocycles. The number of hydrogen-bond donors (Lipinski definition) is 2. The molecule has 8 nitrogen and oxygen atoms in total. The molecule has 3 atom stereocenters. The summed E-state index contributed by atoms with van der Waals surface area (Å²) in [5.41, 5.74) is 0. The Balaban J connectivity index is 3.84. The number of unbranched alkanes of at least 4 members (excludes halogenated alkanes) is 68. The molecule has 568 valence electrons. The van der Waals surface area contributed by atoms with Crippen molar-refractivity contribution in [2.75, 3.05) is 40.9 Å². The number of nitrogens with one attached hydrogen (secondary N) is 1. The Bertz CT molecular complexity index is 1560. The summed E-state index contributed by atoms with van der Waals surface area (Å²) in [6.07, 6.45) is 102. The number of quaternary nitrogens is 1. The van der Waals surface area contributed by atoms with Crippen LogP contribution in [0.3, 0.4) is 0 Å². The molecule has 0 aromatic heterocycles. The highest BCUT2D eigenvalue weighted by Gasteiger charge is 2.24. The van der Waals surface area contributed by atoms with E-state index in [2.05, 4.69) is 31.3 Å². The van der Waals surface area contributed by atoms with Gasteiger partial charge in [-0.3, -0.25) is 9.36 Å². The second-order valence-electron chi connectivity index (χ2n) is 31.6. The Morgan fingerprint density at radius 2 is 0.579 bits per heavy atom. The summed E-state index contributed by atoms with van der Waals surface area (Å²) in [5.74, 6) is -0.152. The molecule has 0 heterocycles. The van der Waals surface area contributed by atoms with Crippen molar-refractivity contribution in [3.05, 3.63) is 12.2 Å². The van der Waals surface area contributed by atoms with Gasteiger partial charge >= 0.3 is 0 Å². The SMILES string of the molecule is CCCCCCCCCC/C=C\CCCCCCCCCCCCCCCCCCCCCCCCCCCCCCCC(=O)NC(COP(=O)([O-])OCC[N+](C)(C)C)C(O)CCCCCCCCCCCCCCCCCCCCCCCCCCCCCCCCCC. The van der Waals surface area contributed by atoms with Gasteiger partial charge in [0, 0.05) is 6.42 Å². The Morgan fingerprint density at radius 3 is 0.821 bits per heavy atom. The predicted octanol–water partition coefficient (Wildman–Crippen LogP) is 28.1. The number of aliphatic hydroxyl groups is 1. The normalized spacial score (nSPS) is 13.4. The van der Waals surface area contributed by atoms with Crippen LogP contribution in [0.2, 0.25) is 0 Å². The van der Waals surface area contributed by atoms with Gasteiger partial charge in [-0.25, -0.2) is 0 Å². The summed E-state index contributed by atoms with van der Waals surface area (Å²) >= 11 is 0. The van der Waals surface area contributed by atoms with Gasteiger partial charge in [0.2, 0.25) is 5.91 Å². The van der Waals surface area contributed by atoms with Crippen LogP contribution in [0.4, 0.5) is 0 Å². The fourth-order valence-corrected chi connectivity index (χ4v) is 14.8. The predicted molar refractivity (Wildman–Crippen MR) is 418 cm³/mol. The first-order valence-electron chi connectivity index (χ1n) is 43.5. The van der Waals surface area contributed by atoms with E-state index < -0.39 is 20.0 Å². The maximum atomic E-state index is 13.1. The molecule has 0 aliphatic carbocycles. The van der Waals surface area contributed by atoms with Crippen LogP contribution in [0.1, 0.15) is 483 Å². The molecule has 0 fully saturated rings. The molecule has 9 heteroatoms. The highest BCUT2D eigenvalue weighted by molar-refractivity contribution is 7.45. The molecule has 0 bridgehead atoms. The molecule has 0 rings (SSSR count). The molecular formula is C86H173N2O6P. The van der Waals surface area contributed by atoms with Crippen LogP contribution < -0.4 is 10.2 Å². The van der Waals surface area contributed by atoms with E-state index in [9.17, 15) is 19.4 Å². The number of allylic oxidation sites excluding steroid dienone is 2. The average molecular weight is 1360 g/mol. The number of nitrogens with zero attached hydrogens (tertiary/aromatic N) is 1. The van der Waals surface area contributed by atoms with Crippen molar-refractivity contribution in [1.29, 1.82) is 0 Å². The smallest absolute Gasteiger partial charge is 0.268 e. The Kier molecular flexibility index (Phi) is 76.8. The zero-order valence-corrected chi connectivity index (χ0v) is 66.3. The highest BCUT2D eigenvalue weighted by Crippen LogP contribution is 2.38. The van der Waals surface area contributed by atoms with E-state index in [0.29, 0.717) is 23.9 Å². The van der Waals surface area contributed by atoms with E-state index in [-0.39, 0.29) is 19.1 Å². The minimum atomic E-state index is -4.58. The third kappa shape index (κ3) is 80.4. The van der Waals surface area contributed by atoms with Crippen LogP contribution >= 0.6 is 7.82 Å². The van der Waals surface area contributed by atoms with Gasteiger partial charge < -0.3 is 28.8 Å². The largest absolute Gasteiger partial charge is 0.756 e. The molecule has 0 aliphatic rings. The number of amides is 1. The number of aliphatic hydroxyl groups excluding tert-OH is 1. The Hall–Kier alpha value is -0.760. The lowest BCUT2D eigenvalue weighted by Gasteiger charge is -2.30. The van der Waals surface area contributed by atoms with E-state index in [0.717, 1.165) is 38.5 Å². The number of carbonyl (C=O) groups is 1. The lowest BCUT2D eigenvalue weighted by Crippen LogP contribution is -2.46. The third-order valence-electron chi connectivity index (χ3n) is 20.8. The standard InChI is InChI=1S/C86H173N2O6P/c1-6-8-10-12-14-16-18-20-22-24-26-28-30-32-34-36-38-40-41-42-43-44-45-46-47-48-50-52-54-56-58-60-62-64-66-68-70-72-74-76-78-80-86(90)87-84(83-94-95(91,92)93-82-81-88(3,4)5)85(89)79-77-75-73-71-69-67-65-63-61-59-57-55-53-51-49-39-37-35-33-31-29-27-25-23-21-19-17-15-13-11-9-7-2/h24,26,84-85,89H,6-23,25,27-83H2,1-5H3,(H-,87,90,91,92)/b26-24-.